The molecule has 17 heavy (non-hydrogen) atoms. The first-order valence-corrected chi connectivity index (χ1v) is 5.05. The van der Waals surface area contributed by atoms with Crippen molar-refractivity contribution in [2.75, 3.05) is 6.61 Å². The van der Waals surface area contributed by atoms with Gasteiger partial charge < -0.3 is 4.74 Å². The van der Waals surface area contributed by atoms with Gasteiger partial charge in [-0.1, -0.05) is 0 Å². The predicted octanol–water partition coefficient (Wildman–Crippen LogP) is 1.63. The molecule has 0 aliphatic heterocycles. The molecule has 0 amide bonds. The number of aliphatic imine (C=N–C) groups is 1. The van der Waals surface area contributed by atoms with Crippen molar-refractivity contribution in [1.29, 1.82) is 0 Å². The highest BCUT2D eigenvalue weighted by atomic mass is 16.5. The van der Waals surface area contributed by atoms with Crippen molar-refractivity contribution in [2.24, 2.45) is 4.99 Å². The molecule has 0 aliphatic carbocycles. The van der Waals surface area contributed by atoms with Gasteiger partial charge in [0.1, 0.15) is 24.1 Å². The lowest BCUT2D eigenvalue weighted by atomic mass is 10.2. The topological polar surface area (TPSA) is 69.4 Å². The third-order valence-electron chi connectivity index (χ3n) is 2.13. The predicted molar refractivity (Wildman–Crippen MR) is 60.3 cm³/mol. The van der Waals surface area contributed by atoms with Crippen LogP contribution in [0.1, 0.15) is 6.92 Å². The number of carbonyl (C=O) groups excluding carboxylic acids is 1. The lowest BCUT2D eigenvalue weighted by Crippen LogP contribution is -1.94. The summed E-state index contributed by atoms with van der Waals surface area (Å²) < 4.78 is 7.06. The van der Waals surface area contributed by atoms with Crippen LogP contribution in [-0.4, -0.2) is 27.5 Å². The minimum Gasteiger partial charge on any atom is -0.492 e. The first-order valence-electron chi connectivity index (χ1n) is 5.05. The molecule has 6 nitrogen and oxygen atoms in total. The summed E-state index contributed by atoms with van der Waals surface area (Å²) >= 11 is 0. The number of rotatable bonds is 4. The minimum absolute atomic E-state index is 0.438. The van der Waals surface area contributed by atoms with Gasteiger partial charge in [-0.25, -0.2) is 4.79 Å². The van der Waals surface area contributed by atoms with Gasteiger partial charge in [0.15, 0.2) is 0 Å². The molecule has 0 N–H and O–H groups in total. The highest BCUT2D eigenvalue weighted by Gasteiger charge is 2.05. The maximum atomic E-state index is 10.3. The van der Waals surface area contributed by atoms with Crippen molar-refractivity contribution in [3.63, 3.8) is 0 Å². The van der Waals surface area contributed by atoms with Gasteiger partial charge in [-0.05, 0) is 25.1 Å². The van der Waals surface area contributed by atoms with E-state index in [4.69, 9.17) is 4.74 Å². The quantitative estimate of drug-likeness (QED) is 0.591. The summed E-state index contributed by atoms with van der Waals surface area (Å²) in [6.07, 6.45) is 4.63. The molecule has 0 atom stereocenters. The Bertz CT molecular complexity index is 545. The Kier molecular flexibility index (Phi) is 3.28. The zero-order valence-corrected chi connectivity index (χ0v) is 9.20. The zero-order valence-electron chi connectivity index (χ0n) is 9.20. The summed E-state index contributed by atoms with van der Waals surface area (Å²) in [6, 6.07) is 5.28. The van der Waals surface area contributed by atoms with E-state index in [0.717, 1.165) is 5.69 Å². The van der Waals surface area contributed by atoms with Gasteiger partial charge >= 0.3 is 0 Å². The SMILES string of the molecule is CCOc1ccc(-n2cnnc2)cc1N=C=O. The fourth-order valence-electron chi connectivity index (χ4n) is 1.41. The van der Waals surface area contributed by atoms with Crippen molar-refractivity contribution in [2.45, 2.75) is 6.92 Å². The molecule has 2 rings (SSSR count). The number of hydrogen-bond donors (Lipinski definition) is 0. The molecule has 0 fully saturated rings. The Hall–Kier alpha value is -2.46. The summed E-state index contributed by atoms with van der Waals surface area (Å²) in [4.78, 5) is 14.0. The van der Waals surface area contributed by atoms with Crippen LogP contribution in [0.15, 0.2) is 35.8 Å². The Balaban J connectivity index is 2.45. The van der Waals surface area contributed by atoms with Gasteiger partial charge in [0.05, 0.1) is 12.3 Å². The van der Waals surface area contributed by atoms with E-state index >= 15 is 0 Å². The second-order valence-electron chi connectivity index (χ2n) is 3.16. The largest absolute Gasteiger partial charge is 0.492 e. The minimum atomic E-state index is 0.438. The number of aromatic nitrogens is 3. The molecule has 0 saturated heterocycles. The molecule has 1 aromatic carbocycles. The molecule has 0 radical (unpaired) electrons. The molecule has 0 spiro atoms. The van der Waals surface area contributed by atoms with E-state index in [-0.39, 0.29) is 0 Å². The van der Waals surface area contributed by atoms with Crippen LogP contribution in [0.3, 0.4) is 0 Å². The molecular weight excluding hydrogens is 220 g/mol. The molecular formula is C11H10N4O2. The summed E-state index contributed by atoms with van der Waals surface area (Å²) in [5.74, 6) is 0.549. The summed E-state index contributed by atoms with van der Waals surface area (Å²) in [5, 5.41) is 7.41. The number of nitrogens with zero attached hydrogens (tertiary/aromatic N) is 4. The second kappa shape index (κ2) is 5.05. The molecule has 0 bridgehead atoms. The Labute approximate surface area is 97.6 Å². The van der Waals surface area contributed by atoms with Crippen LogP contribution >= 0.6 is 0 Å². The fourth-order valence-corrected chi connectivity index (χ4v) is 1.41. The van der Waals surface area contributed by atoms with Crippen molar-refractivity contribution >= 4 is 11.8 Å². The molecule has 2 aromatic rings. The molecule has 0 unspecified atom stereocenters. The highest BCUT2D eigenvalue weighted by molar-refractivity contribution is 5.61. The smallest absolute Gasteiger partial charge is 0.240 e. The van der Waals surface area contributed by atoms with E-state index < -0.39 is 0 Å². The van der Waals surface area contributed by atoms with E-state index in [9.17, 15) is 4.79 Å². The standard InChI is InChI=1S/C11H10N4O2/c1-2-17-11-4-3-9(5-10(11)12-8-16)15-6-13-14-7-15/h3-7H,2H2,1H3. The van der Waals surface area contributed by atoms with Gasteiger partial charge in [-0.2, -0.15) is 4.99 Å². The number of isocyanates is 1. The fraction of sp³-hybridized carbons (Fsp3) is 0.182. The third kappa shape index (κ3) is 2.38. The molecule has 1 heterocycles. The monoisotopic (exact) mass is 230 g/mol. The van der Waals surface area contributed by atoms with Crippen LogP contribution in [0.4, 0.5) is 5.69 Å². The van der Waals surface area contributed by atoms with Crippen LogP contribution in [-0.2, 0) is 4.79 Å². The van der Waals surface area contributed by atoms with E-state index in [1.165, 1.54) is 6.08 Å². The van der Waals surface area contributed by atoms with Crippen LogP contribution in [0.25, 0.3) is 5.69 Å². The Morgan fingerprint density at radius 3 is 2.82 bits per heavy atom. The first kappa shape index (κ1) is 11.0. The number of hydrogen-bond acceptors (Lipinski definition) is 5. The Morgan fingerprint density at radius 1 is 1.41 bits per heavy atom. The van der Waals surface area contributed by atoms with E-state index in [1.54, 1.807) is 29.4 Å². The van der Waals surface area contributed by atoms with E-state index in [1.807, 2.05) is 13.0 Å². The molecule has 0 aliphatic rings. The first-order chi connectivity index (χ1) is 8.35. The third-order valence-corrected chi connectivity index (χ3v) is 2.13. The van der Waals surface area contributed by atoms with Crippen LogP contribution in [0.5, 0.6) is 5.75 Å². The summed E-state index contributed by atoms with van der Waals surface area (Å²) in [7, 11) is 0. The summed E-state index contributed by atoms with van der Waals surface area (Å²) in [6.45, 7) is 2.37. The number of ether oxygens (including phenoxy) is 1. The van der Waals surface area contributed by atoms with Crippen molar-refractivity contribution < 1.29 is 9.53 Å². The molecule has 86 valence electrons. The van der Waals surface area contributed by atoms with Gasteiger partial charge in [0, 0.05) is 0 Å². The second-order valence-corrected chi connectivity index (χ2v) is 3.16. The lowest BCUT2D eigenvalue weighted by Gasteiger charge is -2.07. The normalized spacial score (nSPS) is 9.71. The van der Waals surface area contributed by atoms with E-state index in [2.05, 4.69) is 15.2 Å². The summed E-state index contributed by atoms with van der Waals surface area (Å²) in [5.41, 5.74) is 1.24. The van der Waals surface area contributed by atoms with Crippen LogP contribution in [0, 0.1) is 0 Å². The van der Waals surface area contributed by atoms with Crippen molar-refractivity contribution in [3.8, 4) is 11.4 Å². The van der Waals surface area contributed by atoms with Gasteiger partial charge in [0.2, 0.25) is 6.08 Å². The van der Waals surface area contributed by atoms with Gasteiger partial charge in [-0.15, -0.1) is 10.2 Å². The average molecular weight is 230 g/mol. The Morgan fingerprint density at radius 2 is 2.18 bits per heavy atom. The molecule has 6 heteroatoms. The van der Waals surface area contributed by atoms with Crippen molar-refractivity contribution in [3.05, 3.63) is 30.9 Å². The maximum absolute atomic E-state index is 10.3. The zero-order chi connectivity index (χ0) is 12.1. The van der Waals surface area contributed by atoms with Crippen LogP contribution < -0.4 is 4.74 Å². The molecule has 1 aromatic heterocycles. The van der Waals surface area contributed by atoms with E-state index in [0.29, 0.717) is 18.0 Å². The average Bonchev–Trinajstić information content (AvgIpc) is 2.85. The van der Waals surface area contributed by atoms with Crippen LogP contribution in [0.2, 0.25) is 0 Å². The van der Waals surface area contributed by atoms with Gasteiger partial charge in [-0.3, -0.25) is 4.57 Å². The highest BCUT2D eigenvalue weighted by Crippen LogP contribution is 2.29. The van der Waals surface area contributed by atoms with Gasteiger partial charge in [0.25, 0.3) is 0 Å². The number of benzene rings is 1. The molecule has 0 saturated carbocycles. The maximum Gasteiger partial charge on any atom is 0.240 e. The van der Waals surface area contributed by atoms with Crippen molar-refractivity contribution in [1.82, 2.24) is 14.8 Å². The lowest BCUT2D eigenvalue weighted by molar-refractivity contribution is 0.341.